The Labute approximate surface area is 239 Å². The molecule has 0 saturated carbocycles. The largest absolute Gasteiger partial charge is 0.424 e. The summed E-state index contributed by atoms with van der Waals surface area (Å²) in [4.78, 5) is 35.4. The monoisotopic (exact) mass is 612 g/mol. The normalized spacial score (nSPS) is 24.7. The van der Waals surface area contributed by atoms with Crippen molar-refractivity contribution in [2.75, 3.05) is 24.2 Å². The molecule has 0 spiro atoms. The number of nitrogen functional groups attached to an aromatic ring is 2. The lowest BCUT2D eigenvalue weighted by atomic mass is 10.1. The fourth-order valence-electron chi connectivity index (χ4n) is 4.26. The van der Waals surface area contributed by atoms with Gasteiger partial charge in [-0.25, -0.2) is 13.9 Å². The molecule has 41 heavy (non-hydrogen) atoms. The third-order valence-electron chi connectivity index (χ3n) is 6.68. The number of para-hydroxylation sites is 1. The van der Waals surface area contributed by atoms with E-state index in [1.54, 1.807) is 31.2 Å². The van der Waals surface area contributed by atoms with Crippen molar-refractivity contribution in [2.24, 2.45) is 5.92 Å². The van der Waals surface area contributed by atoms with Crippen molar-refractivity contribution < 1.29 is 37.4 Å². The molecule has 1 aromatic carbocycles. The maximum absolute atomic E-state index is 15.7. The molecule has 6 atom stereocenters. The quantitative estimate of drug-likeness (QED) is 0.200. The van der Waals surface area contributed by atoms with Crippen molar-refractivity contribution >= 4 is 53.7 Å². The van der Waals surface area contributed by atoms with Crippen LogP contribution in [0.3, 0.4) is 0 Å². The first-order valence-corrected chi connectivity index (χ1v) is 14.8. The molecule has 1 saturated heterocycles. The van der Waals surface area contributed by atoms with Crippen LogP contribution in [-0.2, 0) is 29.8 Å². The molecule has 0 amide bonds. The Hall–Kier alpha value is -3.16. The number of fused-ring (bicyclic) bond motifs is 1. The first-order valence-electron chi connectivity index (χ1n) is 12.7. The van der Waals surface area contributed by atoms with Crippen molar-refractivity contribution in [1.82, 2.24) is 19.5 Å². The summed E-state index contributed by atoms with van der Waals surface area (Å²) in [6, 6.07) is 6.68. The molecular weight excluding hydrogens is 582 g/mol. The minimum atomic E-state index is -4.11. The average molecular weight is 613 g/mol. The van der Waals surface area contributed by atoms with Crippen LogP contribution in [0, 0.1) is 5.92 Å². The van der Waals surface area contributed by atoms with Crippen LogP contribution in [0.25, 0.3) is 11.2 Å². The highest BCUT2D eigenvalue weighted by Gasteiger charge is 2.58. The highest BCUT2D eigenvalue weighted by atomic mass is 35.5. The number of benzene rings is 1. The number of ether oxygens (including phenoxy) is 1. The maximum Gasteiger partial charge on any atom is 0.380 e. The molecule has 0 radical (unpaired) electrons. The summed E-state index contributed by atoms with van der Waals surface area (Å²) in [5, 5.41) is 7.85. The molecule has 2 aromatic heterocycles. The molecule has 0 aliphatic carbocycles. The van der Waals surface area contributed by atoms with Gasteiger partial charge in [0.2, 0.25) is 5.95 Å². The number of Topliss-reactive ketones (excluding diaryl/α,β-unsaturated/α-hetero) is 2. The molecule has 222 valence electrons. The molecule has 1 aliphatic rings. The number of nitrogens with two attached hydrogens (primary N) is 2. The van der Waals surface area contributed by atoms with Crippen LogP contribution in [-0.4, -0.2) is 66.3 Å². The Balaban J connectivity index is 1.58. The topological polar surface area (TPSA) is 195 Å². The van der Waals surface area contributed by atoms with Crippen molar-refractivity contribution in [3.8, 4) is 5.75 Å². The number of imidazole rings is 1. The number of aromatic nitrogens is 4. The van der Waals surface area contributed by atoms with E-state index < -0.39 is 43.7 Å². The number of halogens is 2. The summed E-state index contributed by atoms with van der Waals surface area (Å²) in [6.07, 6.45) is -3.62. The number of anilines is 2. The van der Waals surface area contributed by atoms with Gasteiger partial charge in [0, 0.05) is 12.3 Å². The predicted molar refractivity (Wildman–Crippen MR) is 148 cm³/mol. The van der Waals surface area contributed by atoms with Gasteiger partial charge in [-0.1, -0.05) is 36.7 Å². The van der Waals surface area contributed by atoms with Crippen LogP contribution in [0.5, 0.6) is 5.75 Å². The number of hydrogen-bond donors (Lipinski definition) is 3. The number of nitrogens with zero attached hydrogens (tertiary/aromatic N) is 4. The second kappa shape index (κ2) is 12.0. The van der Waals surface area contributed by atoms with Gasteiger partial charge in [0.1, 0.15) is 35.0 Å². The second-order valence-electron chi connectivity index (χ2n) is 9.94. The molecule has 4 rings (SSSR count). The number of hydrogen-bond acceptors (Lipinski definition) is 12. The smallest absolute Gasteiger partial charge is 0.380 e. The van der Waals surface area contributed by atoms with Crippen molar-refractivity contribution in [2.45, 2.75) is 57.2 Å². The summed E-state index contributed by atoms with van der Waals surface area (Å²) >= 11 is 6.11. The summed E-state index contributed by atoms with van der Waals surface area (Å²) in [7, 11) is -4.11. The third kappa shape index (κ3) is 6.68. The number of aliphatic hydroxyl groups excluding tert-OH is 1. The Morgan fingerprint density at radius 3 is 2.68 bits per heavy atom. The van der Waals surface area contributed by atoms with Gasteiger partial charge in [-0.2, -0.15) is 9.97 Å². The highest BCUT2D eigenvalue weighted by molar-refractivity contribution is 7.54. The maximum atomic E-state index is 15.7. The number of ketones is 2. The van der Waals surface area contributed by atoms with E-state index in [-0.39, 0.29) is 52.8 Å². The molecule has 3 heterocycles. The second-order valence-corrected chi connectivity index (χ2v) is 12.5. The van der Waals surface area contributed by atoms with Crippen LogP contribution < -0.4 is 16.0 Å². The SMILES string of the molecule is CC(=O)CCc1ccccc1OP(=O)(C[C@@H](C)C(C)=O)OC[C@H]1O[C@@H](n2cnc3c(N)nc(N)nc32)[C@@](F)(Cl)C1O. The van der Waals surface area contributed by atoms with E-state index in [9.17, 15) is 19.3 Å². The van der Waals surface area contributed by atoms with Crippen LogP contribution in [0.2, 0.25) is 0 Å². The lowest BCUT2D eigenvalue weighted by Gasteiger charge is -2.25. The van der Waals surface area contributed by atoms with Gasteiger partial charge in [-0.15, -0.1) is 0 Å². The van der Waals surface area contributed by atoms with E-state index in [2.05, 4.69) is 15.0 Å². The molecule has 5 N–H and O–H groups in total. The van der Waals surface area contributed by atoms with E-state index in [4.69, 9.17) is 36.9 Å². The van der Waals surface area contributed by atoms with Crippen molar-refractivity contribution in [3.05, 3.63) is 36.2 Å². The first-order chi connectivity index (χ1) is 19.2. The van der Waals surface area contributed by atoms with Gasteiger partial charge < -0.3 is 30.6 Å². The zero-order valence-electron chi connectivity index (χ0n) is 22.6. The number of carbonyl (C=O) groups excluding carboxylic acids is 2. The molecule has 0 bridgehead atoms. The van der Waals surface area contributed by atoms with Gasteiger partial charge in [-0.05, 0) is 31.9 Å². The van der Waals surface area contributed by atoms with E-state index >= 15 is 4.39 Å². The third-order valence-corrected chi connectivity index (χ3v) is 9.10. The number of alkyl halides is 2. The van der Waals surface area contributed by atoms with Gasteiger partial charge in [0.15, 0.2) is 17.7 Å². The molecule has 2 unspecified atom stereocenters. The summed E-state index contributed by atoms with van der Waals surface area (Å²) in [6.45, 7) is 3.75. The van der Waals surface area contributed by atoms with Crippen molar-refractivity contribution in [1.29, 1.82) is 0 Å². The van der Waals surface area contributed by atoms with Crippen LogP contribution in [0.15, 0.2) is 30.6 Å². The van der Waals surface area contributed by atoms with Crippen LogP contribution in [0.1, 0.15) is 39.0 Å². The van der Waals surface area contributed by atoms with Gasteiger partial charge in [-0.3, -0.25) is 13.9 Å². The molecule has 3 aromatic rings. The minimum absolute atomic E-state index is 0.0166. The van der Waals surface area contributed by atoms with E-state index in [0.29, 0.717) is 12.0 Å². The Kier molecular flexibility index (Phi) is 9.00. The molecule has 13 nitrogen and oxygen atoms in total. The van der Waals surface area contributed by atoms with Gasteiger partial charge >= 0.3 is 7.60 Å². The first kappa shape index (κ1) is 30.8. The lowest BCUT2D eigenvalue weighted by Crippen LogP contribution is -2.38. The Morgan fingerprint density at radius 2 is 2.00 bits per heavy atom. The standard InChI is InChI=1S/C25H31ClFN6O7P/c1-13(15(3)35)11-41(37,40-17-7-5-4-6-16(17)9-8-14(2)34)38-10-18-20(36)25(26,27)23(39-18)33-12-30-19-21(28)31-24(29)32-22(19)33/h4-7,12-13,18,20,23,36H,8-11H2,1-3H3,(H4,28,29,31,32)/t13-,18-,20?,23-,25-,41?/m1/s1. The van der Waals surface area contributed by atoms with Crippen LogP contribution >= 0.6 is 19.2 Å². The Bertz CT molecular complexity index is 1500. The highest BCUT2D eigenvalue weighted by Crippen LogP contribution is 2.53. The van der Waals surface area contributed by atoms with Gasteiger partial charge in [0.25, 0.3) is 5.13 Å². The number of aliphatic hydroxyl groups is 1. The summed E-state index contributed by atoms with van der Waals surface area (Å²) in [5.41, 5.74) is 12.2. The Morgan fingerprint density at radius 1 is 1.29 bits per heavy atom. The summed E-state index contributed by atoms with van der Waals surface area (Å²) < 4.78 is 48.1. The average Bonchev–Trinajstić information content (AvgIpc) is 3.40. The molecule has 16 heteroatoms. The zero-order valence-corrected chi connectivity index (χ0v) is 24.2. The number of rotatable bonds is 12. The lowest BCUT2D eigenvalue weighted by molar-refractivity contribution is -0.120. The number of aryl methyl sites for hydroxylation is 1. The molecule has 1 aliphatic heterocycles. The van der Waals surface area contributed by atoms with Gasteiger partial charge in [0.05, 0.1) is 19.1 Å². The van der Waals surface area contributed by atoms with Crippen molar-refractivity contribution in [3.63, 3.8) is 0 Å². The number of carbonyl (C=O) groups is 2. The minimum Gasteiger partial charge on any atom is -0.424 e. The molecular formula is C25H31ClFN6O7P. The molecule has 1 fully saturated rings. The van der Waals surface area contributed by atoms with E-state index in [1.165, 1.54) is 13.8 Å². The zero-order chi connectivity index (χ0) is 30.1. The van der Waals surface area contributed by atoms with E-state index in [0.717, 1.165) is 10.9 Å². The fourth-order valence-corrected chi connectivity index (χ4v) is 6.57. The van der Waals surface area contributed by atoms with E-state index in [1.807, 2.05) is 0 Å². The predicted octanol–water partition coefficient (Wildman–Crippen LogP) is 3.19. The fraction of sp³-hybridized carbons (Fsp3) is 0.480. The van der Waals surface area contributed by atoms with Crippen LogP contribution in [0.4, 0.5) is 16.2 Å². The summed E-state index contributed by atoms with van der Waals surface area (Å²) in [5.74, 6) is -1.05.